The molecule has 6 rings (SSSR count). The summed E-state index contributed by atoms with van der Waals surface area (Å²) in [4.78, 5) is 12.6. The predicted octanol–water partition coefficient (Wildman–Crippen LogP) is 6.16. The van der Waals surface area contributed by atoms with Gasteiger partial charge in [0.1, 0.15) is 28.9 Å². The molecule has 2 aliphatic heterocycles. The molecule has 4 heterocycles. The number of aromatic nitrogens is 3. The molecule has 0 radical (unpaired) electrons. The molecule has 6 heteroatoms. The maximum Gasteiger partial charge on any atom is 0.137 e. The second-order valence-electron chi connectivity index (χ2n) is 9.00. The summed E-state index contributed by atoms with van der Waals surface area (Å²) in [6, 6.07) is 16.4. The third kappa shape index (κ3) is 3.92. The van der Waals surface area contributed by atoms with Crippen LogP contribution in [0, 0.1) is 6.92 Å². The van der Waals surface area contributed by atoms with Gasteiger partial charge in [-0.25, -0.2) is 9.97 Å². The number of pyridine rings is 1. The van der Waals surface area contributed by atoms with Crippen LogP contribution in [0.3, 0.4) is 0 Å². The number of hydrogen-bond donors (Lipinski definition) is 2. The van der Waals surface area contributed by atoms with E-state index < -0.39 is 0 Å². The van der Waals surface area contributed by atoms with Gasteiger partial charge in [0.05, 0.1) is 24.4 Å². The van der Waals surface area contributed by atoms with E-state index >= 15 is 0 Å². The molecule has 2 aliphatic rings. The van der Waals surface area contributed by atoms with E-state index in [1.165, 1.54) is 5.56 Å². The maximum atomic E-state index is 6.30. The fourth-order valence-corrected chi connectivity index (χ4v) is 4.67. The van der Waals surface area contributed by atoms with Crippen LogP contribution in [0.15, 0.2) is 73.2 Å². The van der Waals surface area contributed by atoms with Crippen LogP contribution < -0.4 is 14.8 Å². The largest absolute Gasteiger partial charge is 0.493 e. The summed E-state index contributed by atoms with van der Waals surface area (Å²) in [5.74, 6) is 4.46. The van der Waals surface area contributed by atoms with Gasteiger partial charge in [0, 0.05) is 17.5 Å². The number of benzene rings is 2. The highest BCUT2D eigenvalue weighted by atomic mass is 16.5. The van der Waals surface area contributed by atoms with Gasteiger partial charge in [0.25, 0.3) is 0 Å². The molecule has 0 amide bonds. The third-order valence-corrected chi connectivity index (χ3v) is 6.46. The number of aromatic amines is 1. The number of hydrogen-bond acceptors (Lipinski definition) is 5. The zero-order valence-corrected chi connectivity index (χ0v) is 19.1. The summed E-state index contributed by atoms with van der Waals surface area (Å²) in [7, 11) is 0. The summed E-state index contributed by atoms with van der Waals surface area (Å²) in [5, 5.41) is 3.26. The third-order valence-electron chi connectivity index (χ3n) is 6.46. The number of allylic oxidation sites excluding steroid dienone is 1. The van der Waals surface area contributed by atoms with Gasteiger partial charge in [-0.05, 0) is 67.6 Å². The molecule has 0 bridgehead atoms. The first-order chi connectivity index (χ1) is 16.6. The lowest BCUT2D eigenvalue weighted by Gasteiger charge is -2.25. The van der Waals surface area contributed by atoms with Crippen molar-refractivity contribution in [2.75, 3.05) is 11.9 Å². The Kier molecular flexibility index (Phi) is 5.06. The molecule has 4 aromatic rings. The number of nitrogens with one attached hydrogen (secondary N) is 2. The highest BCUT2D eigenvalue weighted by Crippen LogP contribution is 2.38. The predicted molar refractivity (Wildman–Crippen MR) is 133 cm³/mol. The average molecular weight is 451 g/mol. The number of nitrogens with zero attached hydrogens (tertiary/aromatic N) is 2. The minimum Gasteiger partial charge on any atom is -0.493 e. The average Bonchev–Trinajstić information content (AvgIpc) is 3.34. The Labute approximate surface area is 198 Å². The monoisotopic (exact) mass is 450 g/mol. The van der Waals surface area contributed by atoms with Crippen molar-refractivity contribution in [2.45, 2.75) is 32.1 Å². The van der Waals surface area contributed by atoms with Crippen molar-refractivity contribution >= 4 is 5.82 Å². The van der Waals surface area contributed by atoms with Gasteiger partial charge in [-0.15, -0.1) is 0 Å². The zero-order chi connectivity index (χ0) is 23.1. The molecule has 34 heavy (non-hydrogen) atoms. The van der Waals surface area contributed by atoms with E-state index in [0.29, 0.717) is 6.61 Å². The number of H-pyrrole nitrogens is 1. The molecular formula is C28H26N4O2. The molecule has 6 nitrogen and oxygen atoms in total. The first-order valence-electron chi connectivity index (χ1n) is 11.6. The lowest BCUT2D eigenvalue weighted by atomic mass is 9.96. The van der Waals surface area contributed by atoms with Gasteiger partial charge in [0.15, 0.2) is 0 Å². The van der Waals surface area contributed by atoms with Crippen LogP contribution in [0.25, 0.3) is 11.3 Å². The van der Waals surface area contributed by atoms with Crippen LogP contribution in [-0.2, 0) is 12.8 Å². The van der Waals surface area contributed by atoms with E-state index in [0.717, 1.165) is 76.2 Å². The number of aryl methyl sites for hydroxylation is 1. The van der Waals surface area contributed by atoms with Crippen molar-refractivity contribution in [3.63, 3.8) is 0 Å². The number of fused-ring (bicyclic) bond motifs is 2. The Morgan fingerprint density at radius 3 is 2.94 bits per heavy atom. The van der Waals surface area contributed by atoms with E-state index in [2.05, 4.69) is 64.1 Å². The van der Waals surface area contributed by atoms with Crippen molar-refractivity contribution in [1.29, 1.82) is 0 Å². The van der Waals surface area contributed by atoms with Gasteiger partial charge in [-0.2, -0.15) is 0 Å². The van der Waals surface area contributed by atoms with E-state index in [1.54, 1.807) is 6.20 Å². The molecule has 1 unspecified atom stereocenters. The normalized spacial score (nSPS) is 16.7. The number of anilines is 1. The minimum atomic E-state index is 0.158. The molecule has 2 aromatic carbocycles. The highest BCUT2D eigenvalue weighted by molar-refractivity contribution is 5.60. The Morgan fingerprint density at radius 2 is 2.03 bits per heavy atom. The summed E-state index contributed by atoms with van der Waals surface area (Å²) in [6.45, 7) is 6.71. The molecule has 0 saturated carbocycles. The molecule has 170 valence electrons. The summed E-state index contributed by atoms with van der Waals surface area (Å²) < 4.78 is 12.4. The molecule has 2 aromatic heterocycles. The van der Waals surface area contributed by atoms with Crippen LogP contribution in [0.5, 0.6) is 17.2 Å². The summed E-state index contributed by atoms with van der Waals surface area (Å²) >= 11 is 0. The van der Waals surface area contributed by atoms with E-state index in [4.69, 9.17) is 9.47 Å². The van der Waals surface area contributed by atoms with Gasteiger partial charge < -0.3 is 19.8 Å². The van der Waals surface area contributed by atoms with E-state index in [9.17, 15) is 0 Å². The molecule has 0 fully saturated rings. The number of rotatable bonds is 4. The molecule has 0 spiro atoms. The van der Waals surface area contributed by atoms with Gasteiger partial charge in [-0.1, -0.05) is 30.3 Å². The van der Waals surface area contributed by atoms with Crippen molar-refractivity contribution in [1.82, 2.24) is 15.0 Å². The number of imidazole rings is 1. The standard InChI is InChI=1S/C28H26N4O2/c1-17-4-3-5-19(12-17)24-15-30-27(32-24)21-13-20-14-22(7-9-25(20)33-16-21)34-26-10-11-29-28-23(26)8-6-18(2)31-28/h3-5,7,9-12,14-15,21H,2,6,8,13,16H2,1H3,(H,29,31)(H,30,32). The van der Waals surface area contributed by atoms with Gasteiger partial charge in [0.2, 0.25) is 0 Å². The van der Waals surface area contributed by atoms with Crippen molar-refractivity contribution in [3.8, 4) is 28.5 Å². The highest BCUT2D eigenvalue weighted by Gasteiger charge is 2.25. The Morgan fingerprint density at radius 1 is 1.09 bits per heavy atom. The SMILES string of the molecule is C=C1CCc2c(Oc3ccc4c(c3)CC(c3ncc(-c5cccc(C)c5)[nH]3)CO4)ccnc2N1. The van der Waals surface area contributed by atoms with Crippen molar-refractivity contribution in [2.24, 2.45) is 0 Å². The minimum absolute atomic E-state index is 0.158. The zero-order valence-electron chi connectivity index (χ0n) is 19.1. The van der Waals surface area contributed by atoms with Crippen molar-refractivity contribution < 1.29 is 9.47 Å². The van der Waals surface area contributed by atoms with Crippen LogP contribution in [0.2, 0.25) is 0 Å². The van der Waals surface area contributed by atoms with E-state index in [1.807, 2.05) is 24.4 Å². The van der Waals surface area contributed by atoms with Crippen LogP contribution in [0.1, 0.15) is 34.9 Å². The Balaban J connectivity index is 1.22. The summed E-state index contributed by atoms with van der Waals surface area (Å²) in [6.07, 6.45) is 6.25. The molecule has 1 atom stereocenters. The molecule has 2 N–H and O–H groups in total. The fourth-order valence-electron chi connectivity index (χ4n) is 4.67. The molecule has 0 saturated heterocycles. The van der Waals surface area contributed by atoms with E-state index in [-0.39, 0.29) is 5.92 Å². The topological polar surface area (TPSA) is 72.1 Å². The van der Waals surface area contributed by atoms with Crippen LogP contribution in [-0.4, -0.2) is 21.6 Å². The second kappa shape index (κ2) is 8.37. The first kappa shape index (κ1) is 20.5. The quantitative estimate of drug-likeness (QED) is 0.389. The van der Waals surface area contributed by atoms with Crippen LogP contribution in [0.4, 0.5) is 5.82 Å². The number of ether oxygens (including phenoxy) is 2. The second-order valence-corrected chi connectivity index (χ2v) is 9.00. The van der Waals surface area contributed by atoms with Crippen molar-refractivity contribution in [3.05, 3.63) is 95.7 Å². The van der Waals surface area contributed by atoms with Crippen LogP contribution >= 0.6 is 0 Å². The molecule has 0 aliphatic carbocycles. The summed E-state index contributed by atoms with van der Waals surface area (Å²) in [5.41, 5.74) is 6.59. The first-order valence-corrected chi connectivity index (χ1v) is 11.6. The smallest absolute Gasteiger partial charge is 0.137 e. The maximum absolute atomic E-state index is 6.30. The lowest BCUT2D eigenvalue weighted by Crippen LogP contribution is -2.20. The Bertz CT molecular complexity index is 1390. The van der Waals surface area contributed by atoms with Gasteiger partial charge >= 0.3 is 0 Å². The lowest BCUT2D eigenvalue weighted by molar-refractivity contribution is 0.257. The Hall–Kier alpha value is -4.06. The molecular weight excluding hydrogens is 424 g/mol. The van der Waals surface area contributed by atoms with Gasteiger partial charge in [-0.3, -0.25) is 0 Å². The fraction of sp³-hybridized carbons (Fsp3) is 0.214.